The predicted molar refractivity (Wildman–Crippen MR) is 88.0 cm³/mol. The van der Waals surface area contributed by atoms with Crippen LogP contribution in [0.2, 0.25) is 0 Å². The molecule has 0 aliphatic rings. The zero-order chi connectivity index (χ0) is 15.5. The number of thiazole rings is 1. The zero-order valence-electron chi connectivity index (χ0n) is 11.9. The molecule has 0 unspecified atom stereocenters. The number of nitrogens with one attached hydrogen (secondary N) is 2. The molecule has 112 valence electrons. The Morgan fingerprint density at radius 3 is 2.68 bits per heavy atom. The van der Waals surface area contributed by atoms with Crippen molar-refractivity contribution in [2.24, 2.45) is 0 Å². The lowest BCUT2D eigenvalue weighted by atomic mass is 10.1. The van der Waals surface area contributed by atoms with Crippen LogP contribution in [-0.4, -0.2) is 11.0 Å². The van der Waals surface area contributed by atoms with E-state index in [1.165, 1.54) is 35.6 Å². The van der Waals surface area contributed by atoms with Crippen LogP contribution in [0.5, 0.6) is 0 Å². The number of urea groups is 1. The number of carbonyl (C=O) groups is 1. The minimum atomic E-state index is -0.399. The average Bonchev–Trinajstić information content (AvgIpc) is 2.91. The van der Waals surface area contributed by atoms with Gasteiger partial charge in [0.05, 0.1) is 10.2 Å². The van der Waals surface area contributed by atoms with Gasteiger partial charge >= 0.3 is 6.03 Å². The quantitative estimate of drug-likeness (QED) is 0.739. The highest BCUT2D eigenvalue weighted by Crippen LogP contribution is 2.28. The number of hydrogen-bond donors (Lipinski definition) is 2. The van der Waals surface area contributed by atoms with Crippen molar-refractivity contribution < 1.29 is 9.18 Å². The SMILES string of the molecule is CCc1cccc2sc(NC(=O)Nc3ccc(F)cc3)nc12. The molecule has 0 saturated heterocycles. The van der Waals surface area contributed by atoms with Crippen LogP contribution in [0.15, 0.2) is 42.5 Å². The summed E-state index contributed by atoms with van der Waals surface area (Å²) in [6.07, 6.45) is 0.891. The van der Waals surface area contributed by atoms with Crippen molar-refractivity contribution in [3.05, 3.63) is 53.8 Å². The molecule has 4 nitrogen and oxygen atoms in total. The highest BCUT2D eigenvalue weighted by atomic mass is 32.1. The van der Waals surface area contributed by atoms with E-state index < -0.39 is 6.03 Å². The van der Waals surface area contributed by atoms with Crippen LogP contribution in [0.4, 0.5) is 20.0 Å². The van der Waals surface area contributed by atoms with E-state index in [0.29, 0.717) is 10.8 Å². The molecule has 6 heteroatoms. The third-order valence-corrected chi connectivity index (χ3v) is 4.14. The first-order valence-corrected chi connectivity index (χ1v) is 7.69. The largest absolute Gasteiger partial charge is 0.325 e. The number of hydrogen-bond acceptors (Lipinski definition) is 3. The second-order valence-electron chi connectivity index (χ2n) is 4.72. The number of aromatic nitrogens is 1. The maximum absolute atomic E-state index is 12.8. The number of rotatable bonds is 3. The zero-order valence-corrected chi connectivity index (χ0v) is 12.7. The Morgan fingerprint density at radius 2 is 1.95 bits per heavy atom. The summed E-state index contributed by atoms with van der Waals surface area (Å²) < 4.78 is 13.9. The van der Waals surface area contributed by atoms with Gasteiger partial charge in [-0.15, -0.1) is 0 Å². The first kappa shape index (κ1) is 14.5. The number of aryl methyl sites for hydroxylation is 1. The smallest absolute Gasteiger partial charge is 0.308 e. The lowest BCUT2D eigenvalue weighted by Crippen LogP contribution is -2.19. The first-order chi connectivity index (χ1) is 10.7. The monoisotopic (exact) mass is 315 g/mol. The average molecular weight is 315 g/mol. The maximum Gasteiger partial charge on any atom is 0.325 e. The number of halogens is 1. The number of para-hydroxylation sites is 1. The molecule has 22 heavy (non-hydrogen) atoms. The fraction of sp³-hybridized carbons (Fsp3) is 0.125. The van der Waals surface area contributed by atoms with Gasteiger partial charge in [-0.3, -0.25) is 5.32 Å². The predicted octanol–water partition coefficient (Wildman–Crippen LogP) is 4.64. The Morgan fingerprint density at radius 1 is 1.18 bits per heavy atom. The van der Waals surface area contributed by atoms with E-state index in [1.807, 2.05) is 18.2 Å². The molecule has 0 aliphatic heterocycles. The summed E-state index contributed by atoms with van der Waals surface area (Å²) in [6.45, 7) is 2.07. The van der Waals surface area contributed by atoms with Crippen LogP contribution in [0, 0.1) is 5.82 Å². The molecule has 0 saturated carbocycles. The van der Waals surface area contributed by atoms with Gasteiger partial charge in [0.2, 0.25) is 0 Å². The van der Waals surface area contributed by atoms with Gasteiger partial charge < -0.3 is 5.32 Å². The summed E-state index contributed by atoms with van der Waals surface area (Å²) in [6, 6.07) is 11.2. The van der Waals surface area contributed by atoms with E-state index in [0.717, 1.165) is 22.2 Å². The topological polar surface area (TPSA) is 54.0 Å². The van der Waals surface area contributed by atoms with Gasteiger partial charge in [-0.05, 0) is 42.3 Å². The molecule has 2 amide bonds. The first-order valence-electron chi connectivity index (χ1n) is 6.87. The standard InChI is InChI=1S/C16H14FN3OS/c1-2-10-4-3-5-13-14(10)19-16(22-13)20-15(21)18-12-8-6-11(17)7-9-12/h3-9H,2H2,1H3,(H2,18,19,20,21). The van der Waals surface area contributed by atoms with Crippen molar-refractivity contribution in [2.45, 2.75) is 13.3 Å². The van der Waals surface area contributed by atoms with E-state index in [2.05, 4.69) is 22.5 Å². The minimum absolute atomic E-state index is 0.343. The molecule has 0 atom stereocenters. The summed E-state index contributed by atoms with van der Waals surface area (Å²) in [5.41, 5.74) is 2.60. The van der Waals surface area contributed by atoms with Crippen molar-refractivity contribution in [3.8, 4) is 0 Å². The van der Waals surface area contributed by atoms with Crippen molar-refractivity contribution in [3.63, 3.8) is 0 Å². The molecule has 1 aromatic heterocycles. The molecule has 0 spiro atoms. The fourth-order valence-electron chi connectivity index (χ4n) is 2.14. The lowest BCUT2D eigenvalue weighted by Gasteiger charge is -2.04. The van der Waals surface area contributed by atoms with Gasteiger partial charge in [0.25, 0.3) is 0 Å². The number of benzene rings is 2. The van der Waals surface area contributed by atoms with E-state index in [-0.39, 0.29) is 5.82 Å². The second kappa shape index (κ2) is 6.11. The van der Waals surface area contributed by atoms with Crippen molar-refractivity contribution in [2.75, 3.05) is 10.6 Å². The summed E-state index contributed by atoms with van der Waals surface area (Å²) in [5.74, 6) is -0.343. The van der Waals surface area contributed by atoms with Gasteiger partial charge in [-0.1, -0.05) is 30.4 Å². The van der Waals surface area contributed by atoms with Gasteiger partial charge in [-0.2, -0.15) is 0 Å². The third-order valence-electron chi connectivity index (χ3n) is 3.21. The lowest BCUT2D eigenvalue weighted by molar-refractivity contribution is 0.262. The summed E-state index contributed by atoms with van der Waals surface area (Å²) in [7, 11) is 0. The molecule has 2 N–H and O–H groups in total. The molecular weight excluding hydrogens is 301 g/mol. The van der Waals surface area contributed by atoms with Crippen LogP contribution < -0.4 is 10.6 Å². The maximum atomic E-state index is 12.8. The number of fused-ring (bicyclic) bond motifs is 1. The van der Waals surface area contributed by atoms with Crippen LogP contribution in [0.1, 0.15) is 12.5 Å². The van der Waals surface area contributed by atoms with E-state index in [4.69, 9.17) is 0 Å². The molecule has 0 bridgehead atoms. The van der Waals surface area contributed by atoms with Gasteiger partial charge in [-0.25, -0.2) is 14.2 Å². The summed E-state index contributed by atoms with van der Waals surface area (Å²) in [5, 5.41) is 5.89. The Bertz CT molecular complexity index is 814. The number of nitrogens with zero attached hydrogens (tertiary/aromatic N) is 1. The molecule has 3 aromatic rings. The molecule has 2 aromatic carbocycles. The van der Waals surface area contributed by atoms with Crippen LogP contribution in [-0.2, 0) is 6.42 Å². The minimum Gasteiger partial charge on any atom is -0.308 e. The molecule has 3 rings (SSSR count). The van der Waals surface area contributed by atoms with E-state index in [9.17, 15) is 9.18 Å². The molecule has 1 heterocycles. The fourth-order valence-corrected chi connectivity index (χ4v) is 3.05. The molecule has 0 aliphatic carbocycles. The number of amides is 2. The van der Waals surface area contributed by atoms with Crippen molar-refractivity contribution in [1.82, 2.24) is 4.98 Å². The third kappa shape index (κ3) is 3.07. The normalized spacial score (nSPS) is 10.6. The van der Waals surface area contributed by atoms with Gasteiger partial charge in [0.15, 0.2) is 5.13 Å². The Labute approximate surface area is 131 Å². The highest BCUT2D eigenvalue weighted by molar-refractivity contribution is 7.22. The van der Waals surface area contributed by atoms with Crippen LogP contribution >= 0.6 is 11.3 Å². The van der Waals surface area contributed by atoms with Gasteiger partial charge in [0.1, 0.15) is 5.82 Å². The second-order valence-corrected chi connectivity index (χ2v) is 5.75. The number of carbonyl (C=O) groups excluding carboxylic acids is 1. The molecule has 0 radical (unpaired) electrons. The molecular formula is C16H14FN3OS. The Kier molecular flexibility index (Phi) is 4.02. The summed E-state index contributed by atoms with van der Waals surface area (Å²) >= 11 is 1.43. The van der Waals surface area contributed by atoms with E-state index >= 15 is 0 Å². The van der Waals surface area contributed by atoms with Crippen LogP contribution in [0.25, 0.3) is 10.2 Å². The van der Waals surface area contributed by atoms with Crippen molar-refractivity contribution >= 4 is 38.4 Å². The Balaban J connectivity index is 1.75. The van der Waals surface area contributed by atoms with Gasteiger partial charge in [0, 0.05) is 5.69 Å². The molecule has 0 fully saturated rings. The summed E-state index contributed by atoms with van der Waals surface area (Å²) in [4.78, 5) is 16.4. The highest BCUT2D eigenvalue weighted by Gasteiger charge is 2.10. The Hall–Kier alpha value is -2.47. The van der Waals surface area contributed by atoms with E-state index in [1.54, 1.807) is 0 Å². The van der Waals surface area contributed by atoms with Crippen LogP contribution in [0.3, 0.4) is 0 Å². The number of anilines is 2. The van der Waals surface area contributed by atoms with Crippen molar-refractivity contribution in [1.29, 1.82) is 0 Å².